The molecule has 0 aliphatic heterocycles. The van der Waals surface area contributed by atoms with Gasteiger partial charge in [0, 0.05) is 36.1 Å². The van der Waals surface area contributed by atoms with Gasteiger partial charge in [0.05, 0.1) is 22.5 Å². The second-order valence-corrected chi connectivity index (χ2v) is 7.66. The summed E-state index contributed by atoms with van der Waals surface area (Å²) in [6.45, 7) is 0. The molecule has 11 heteroatoms. The third kappa shape index (κ3) is 3.74. The minimum Gasteiger partial charge on any atom is -0.382 e. The van der Waals surface area contributed by atoms with Crippen molar-refractivity contribution in [2.45, 2.75) is 0 Å². The lowest BCUT2D eigenvalue weighted by molar-refractivity contribution is -0.105. The van der Waals surface area contributed by atoms with Crippen LogP contribution in [-0.4, -0.2) is 40.0 Å². The summed E-state index contributed by atoms with van der Waals surface area (Å²) in [5.74, 6) is -0.0345. The number of amides is 1. The average Bonchev–Trinajstić information content (AvgIpc) is 2.91. The Bertz CT molecular complexity index is 1570. The van der Waals surface area contributed by atoms with E-state index in [-0.39, 0.29) is 50.9 Å². The molecule has 2 aromatic carbocycles. The molecular formula is C25H18N8O3. The van der Waals surface area contributed by atoms with E-state index in [1.807, 2.05) is 0 Å². The van der Waals surface area contributed by atoms with Crippen LogP contribution in [0.4, 0.5) is 28.7 Å². The van der Waals surface area contributed by atoms with E-state index in [1.165, 1.54) is 0 Å². The molecule has 0 atom stereocenters. The number of ketones is 2. The van der Waals surface area contributed by atoms with Crippen LogP contribution in [0.3, 0.4) is 0 Å². The number of carbonyl (C=O) groups excluding carboxylic acids is 3. The molecule has 11 nitrogen and oxygen atoms in total. The number of rotatable bonds is 6. The van der Waals surface area contributed by atoms with Crippen molar-refractivity contribution in [2.24, 2.45) is 10.2 Å². The second kappa shape index (κ2) is 9.14. The number of benzene rings is 2. The van der Waals surface area contributed by atoms with Gasteiger partial charge in [0.1, 0.15) is 0 Å². The molecule has 1 aliphatic rings. The zero-order chi connectivity index (χ0) is 25.2. The Morgan fingerprint density at radius 1 is 0.889 bits per heavy atom. The van der Waals surface area contributed by atoms with Crippen molar-refractivity contribution in [3.63, 3.8) is 0 Å². The quantitative estimate of drug-likeness (QED) is 0.244. The van der Waals surface area contributed by atoms with Gasteiger partial charge in [-0.2, -0.15) is 0 Å². The van der Waals surface area contributed by atoms with Crippen LogP contribution in [0.2, 0.25) is 0 Å². The molecule has 4 N–H and O–H groups in total. The summed E-state index contributed by atoms with van der Waals surface area (Å²) >= 11 is 0. The largest absolute Gasteiger partial charge is 0.382 e. The van der Waals surface area contributed by atoms with Gasteiger partial charge in [-0.3, -0.25) is 19.4 Å². The Kier molecular flexibility index (Phi) is 5.71. The highest BCUT2D eigenvalue weighted by Crippen LogP contribution is 2.38. The zero-order valence-corrected chi connectivity index (χ0v) is 18.9. The Morgan fingerprint density at radius 2 is 1.61 bits per heavy atom. The maximum atomic E-state index is 13.5. The summed E-state index contributed by atoms with van der Waals surface area (Å²) in [7, 11) is 1.65. The lowest BCUT2D eigenvalue weighted by atomic mass is 9.82. The van der Waals surface area contributed by atoms with Crippen LogP contribution >= 0.6 is 0 Å². The molecule has 0 spiro atoms. The fraction of sp³-hybridized carbons (Fsp3) is 0.0400. The Morgan fingerprint density at radius 3 is 2.33 bits per heavy atom. The fourth-order valence-electron chi connectivity index (χ4n) is 3.97. The predicted octanol–water partition coefficient (Wildman–Crippen LogP) is 3.92. The first-order chi connectivity index (χ1) is 17.5. The summed E-state index contributed by atoms with van der Waals surface area (Å²) in [6, 6.07) is 12.9. The number of azo groups is 1. The number of carbonyl (C=O) groups is 3. The van der Waals surface area contributed by atoms with Gasteiger partial charge in [-0.25, -0.2) is 9.97 Å². The van der Waals surface area contributed by atoms with Gasteiger partial charge >= 0.3 is 0 Å². The monoisotopic (exact) mass is 478 g/mol. The molecule has 0 saturated carbocycles. The first-order valence-corrected chi connectivity index (χ1v) is 10.8. The average molecular weight is 478 g/mol. The first-order valence-electron chi connectivity index (χ1n) is 10.8. The van der Waals surface area contributed by atoms with Crippen LogP contribution in [0.25, 0.3) is 11.4 Å². The number of anilines is 3. The topological polar surface area (TPSA) is 165 Å². The molecule has 0 unspecified atom stereocenters. The van der Waals surface area contributed by atoms with Crippen LogP contribution in [0.5, 0.6) is 0 Å². The molecule has 36 heavy (non-hydrogen) atoms. The van der Waals surface area contributed by atoms with Gasteiger partial charge in [-0.1, -0.05) is 24.3 Å². The predicted molar refractivity (Wildman–Crippen MR) is 133 cm³/mol. The van der Waals surface area contributed by atoms with E-state index in [9.17, 15) is 14.4 Å². The highest BCUT2D eigenvalue weighted by atomic mass is 16.1. The number of fused-ring (bicyclic) bond motifs is 2. The second-order valence-electron chi connectivity index (χ2n) is 7.66. The number of aromatic nitrogens is 3. The number of pyridine rings is 1. The maximum Gasteiger partial charge on any atom is 0.211 e. The normalized spacial score (nSPS) is 12.2. The van der Waals surface area contributed by atoms with Crippen molar-refractivity contribution < 1.29 is 14.4 Å². The SMILES string of the molecule is CNc1nc(-c2ccncc2)nc(N)c1/N=N/c1cccc2c1C(=O)c1c(NC=O)cccc1C2=O. The van der Waals surface area contributed by atoms with Gasteiger partial charge in [-0.15, -0.1) is 10.2 Å². The summed E-state index contributed by atoms with van der Waals surface area (Å²) < 4.78 is 0. The number of nitrogens with two attached hydrogens (primary N) is 1. The van der Waals surface area contributed by atoms with Crippen LogP contribution in [0.1, 0.15) is 31.8 Å². The van der Waals surface area contributed by atoms with Gasteiger partial charge in [0.2, 0.25) is 6.41 Å². The van der Waals surface area contributed by atoms with Crippen molar-refractivity contribution in [3.05, 3.63) is 83.2 Å². The summed E-state index contributed by atoms with van der Waals surface area (Å²) in [5, 5.41) is 13.9. The molecule has 176 valence electrons. The third-order valence-electron chi connectivity index (χ3n) is 5.61. The van der Waals surface area contributed by atoms with E-state index in [1.54, 1.807) is 68.0 Å². The number of hydrogen-bond acceptors (Lipinski definition) is 10. The third-order valence-corrected chi connectivity index (χ3v) is 5.61. The molecule has 4 aromatic rings. The van der Waals surface area contributed by atoms with Crippen LogP contribution in [-0.2, 0) is 4.79 Å². The Balaban J connectivity index is 1.59. The summed E-state index contributed by atoms with van der Waals surface area (Å²) in [6.07, 6.45) is 3.69. The molecule has 1 amide bonds. The standard InChI is InChI=1S/C25H18N8O3/c1-27-25-20(23(26)30-24(31-25)13-8-10-28-11-9-13)33-32-17-7-3-5-15-19(17)22(36)18-14(21(15)35)4-2-6-16(18)29-12-34/h2-12H,1H3,(H,29,34)(H3,26,27,30,31)/b33-32+. The van der Waals surface area contributed by atoms with E-state index in [0.29, 0.717) is 18.1 Å². The number of nitrogens with zero attached hydrogens (tertiary/aromatic N) is 5. The van der Waals surface area contributed by atoms with E-state index in [0.717, 1.165) is 5.56 Å². The minimum absolute atomic E-state index is 0.0694. The van der Waals surface area contributed by atoms with Crippen LogP contribution in [0, 0.1) is 0 Å². The number of nitrogen functional groups attached to an aromatic ring is 1. The summed E-state index contributed by atoms with van der Waals surface area (Å²) in [4.78, 5) is 50.5. The fourth-order valence-corrected chi connectivity index (χ4v) is 3.97. The van der Waals surface area contributed by atoms with Crippen molar-refractivity contribution in [1.82, 2.24) is 15.0 Å². The summed E-state index contributed by atoms with van der Waals surface area (Å²) in [5.41, 5.74) is 8.05. The molecule has 0 radical (unpaired) electrons. The number of hydrogen-bond donors (Lipinski definition) is 3. The lowest BCUT2D eigenvalue weighted by Crippen LogP contribution is -2.22. The van der Waals surface area contributed by atoms with Crippen molar-refractivity contribution in [3.8, 4) is 11.4 Å². The highest BCUT2D eigenvalue weighted by molar-refractivity contribution is 6.31. The smallest absolute Gasteiger partial charge is 0.211 e. The first kappa shape index (κ1) is 22.5. The van der Waals surface area contributed by atoms with Crippen molar-refractivity contribution >= 4 is 46.7 Å². The van der Waals surface area contributed by atoms with Crippen LogP contribution in [0.15, 0.2) is 71.2 Å². The molecule has 0 fully saturated rings. The molecular weight excluding hydrogens is 460 g/mol. The molecule has 1 aliphatic carbocycles. The molecule has 0 saturated heterocycles. The van der Waals surface area contributed by atoms with Gasteiger partial charge in [0.25, 0.3) is 0 Å². The number of nitrogens with one attached hydrogen (secondary N) is 2. The van der Waals surface area contributed by atoms with E-state index in [4.69, 9.17) is 5.73 Å². The molecule has 0 bridgehead atoms. The highest BCUT2D eigenvalue weighted by Gasteiger charge is 2.33. The minimum atomic E-state index is -0.454. The van der Waals surface area contributed by atoms with Crippen molar-refractivity contribution in [1.29, 1.82) is 0 Å². The maximum absolute atomic E-state index is 13.5. The molecule has 2 aromatic heterocycles. The van der Waals surface area contributed by atoms with Gasteiger partial charge in [0.15, 0.2) is 34.7 Å². The van der Waals surface area contributed by atoms with E-state index >= 15 is 0 Å². The van der Waals surface area contributed by atoms with E-state index < -0.39 is 5.78 Å². The molecule has 2 heterocycles. The molecule has 5 rings (SSSR count). The van der Waals surface area contributed by atoms with Gasteiger partial charge < -0.3 is 16.4 Å². The zero-order valence-electron chi connectivity index (χ0n) is 18.9. The Hall–Kier alpha value is -5.32. The lowest BCUT2D eigenvalue weighted by Gasteiger charge is -2.20. The van der Waals surface area contributed by atoms with Crippen LogP contribution < -0.4 is 16.4 Å². The van der Waals surface area contributed by atoms with Gasteiger partial charge in [-0.05, 0) is 24.3 Å². The Labute approximate surface area is 204 Å². The van der Waals surface area contributed by atoms with E-state index in [2.05, 4.69) is 35.8 Å². The van der Waals surface area contributed by atoms with Crippen molar-refractivity contribution in [2.75, 3.05) is 23.4 Å².